The Morgan fingerprint density at radius 1 is 1.03 bits per heavy atom. The smallest absolute Gasteiger partial charge is 0.244 e. The molecule has 2 rings (SSSR count). The summed E-state index contributed by atoms with van der Waals surface area (Å²) in [6, 6.07) is 9.37. The van der Waals surface area contributed by atoms with E-state index in [9.17, 15) is 18.0 Å². The lowest BCUT2D eigenvalue weighted by molar-refractivity contribution is -0.140. The largest absolute Gasteiger partial charge is 0.355 e. The second kappa shape index (κ2) is 12.1. The summed E-state index contributed by atoms with van der Waals surface area (Å²) in [5.74, 6) is -0.878. The van der Waals surface area contributed by atoms with Gasteiger partial charge in [0.15, 0.2) is 0 Å². The van der Waals surface area contributed by atoms with E-state index in [1.54, 1.807) is 13.8 Å². The summed E-state index contributed by atoms with van der Waals surface area (Å²) >= 11 is 18.3. The number of nitrogens with zero attached hydrogens (tertiary/aromatic N) is 2. The molecule has 0 heterocycles. The molecule has 0 unspecified atom stereocenters. The molecule has 2 aromatic rings. The summed E-state index contributed by atoms with van der Waals surface area (Å²) in [6.07, 6.45) is 1.31. The SMILES string of the molecule is CCNC(=O)[C@H](CC)N(Cc1cccc(C)c1)C(=O)CN(c1cc(Cl)c(Cl)cc1Cl)S(C)(=O)=O. The first-order chi connectivity index (χ1) is 15.9. The molecule has 7 nitrogen and oxygen atoms in total. The molecule has 0 aromatic heterocycles. The number of aryl methyl sites for hydroxylation is 1. The molecule has 0 spiro atoms. The summed E-state index contributed by atoms with van der Waals surface area (Å²) in [6.45, 7) is 5.46. The Bertz CT molecular complexity index is 1160. The van der Waals surface area contributed by atoms with Gasteiger partial charge in [0, 0.05) is 13.1 Å². The Balaban J connectivity index is 2.50. The number of hydrogen-bond acceptors (Lipinski definition) is 4. The molecular formula is C23H28Cl3N3O4S. The highest BCUT2D eigenvalue weighted by atomic mass is 35.5. The third-order valence-electron chi connectivity index (χ3n) is 5.11. The van der Waals surface area contributed by atoms with Gasteiger partial charge in [0.05, 0.1) is 27.0 Å². The highest BCUT2D eigenvalue weighted by Gasteiger charge is 2.32. The van der Waals surface area contributed by atoms with Gasteiger partial charge in [-0.1, -0.05) is 71.6 Å². The zero-order chi connectivity index (χ0) is 25.6. The number of rotatable bonds is 10. The van der Waals surface area contributed by atoms with Crippen LogP contribution in [0.3, 0.4) is 0 Å². The van der Waals surface area contributed by atoms with Gasteiger partial charge in [-0.05, 0) is 38.0 Å². The predicted molar refractivity (Wildman–Crippen MR) is 138 cm³/mol. The highest BCUT2D eigenvalue weighted by Crippen LogP contribution is 2.35. The standard InChI is InChI=1S/C23H28Cl3N3O4S/c1-5-20(23(31)27-6-2)28(13-16-9-7-8-15(3)10-16)22(30)14-29(34(4,32)33)21-12-18(25)17(24)11-19(21)26/h7-12,20H,5-6,13-14H2,1-4H3,(H,27,31)/t20-/m0/s1. The van der Waals surface area contributed by atoms with E-state index in [0.717, 1.165) is 21.7 Å². The van der Waals surface area contributed by atoms with Gasteiger partial charge in [-0.25, -0.2) is 8.42 Å². The van der Waals surface area contributed by atoms with Gasteiger partial charge in [0.1, 0.15) is 12.6 Å². The summed E-state index contributed by atoms with van der Waals surface area (Å²) in [4.78, 5) is 27.7. The minimum absolute atomic E-state index is 0.0217. The molecular weight excluding hydrogens is 521 g/mol. The van der Waals surface area contributed by atoms with E-state index in [0.29, 0.717) is 13.0 Å². The molecule has 0 saturated heterocycles. The minimum atomic E-state index is -3.94. The topological polar surface area (TPSA) is 86.8 Å². The fourth-order valence-corrected chi connectivity index (χ4v) is 5.06. The number of amides is 2. The molecule has 34 heavy (non-hydrogen) atoms. The average Bonchev–Trinajstić information content (AvgIpc) is 2.74. The van der Waals surface area contributed by atoms with E-state index in [2.05, 4.69) is 5.32 Å². The van der Waals surface area contributed by atoms with Crippen molar-refractivity contribution in [2.45, 2.75) is 39.8 Å². The van der Waals surface area contributed by atoms with Gasteiger partial charge < -0.3 is 10.2 Å². The van der Waals surface area contributed by atoms with Gasteiger partial charge in [0.2, 0.25) is 21.8 Å². The van der Waals surface area contributed by atoms with Crippen LogP contribution >= 0.6 is 34.8 Å². The Morgan fingerprint density at radius 3 is 2.24 bits per heavy atom. The number of halogens is 3. The number of carbonyl (C=O) groups is 2. The molecule has 2 amide bonds. The molecule has 186 valence electrons. The number of sulfonamides is 1. The van der Waals surface area contributed by atoms with Crippen LogP contribution in [0.2, 0.25) is 15.1 Å². The predicted octanol–water partition coefficient (Wildman–Crippen LogP) is 4.66. The van der Waals surface area contributed by atoms with Crippen molar-refractivity contribution in [1.29, 1.82) is 0 Å². The maximum Gasteiger partial charge on any atom is 0.244 e. The second-order valence-corrected chi connectivity index (χ2v) is 10.9. The molecule has 0 aliphatic rings. The maximum absolute atomic E-state index is 13.6. The van der Waals surface area contributed by atoms with Crippen molar-refractivity contribution < 1.29 is 18.0 Å². The lowest BCUT2D eigenvalue weighted by Crippen LogP contribution is -2.52. The normalized spacial score (nSPS) is 12.2. The summed E-state index contributed by atoms with van der Waals surface area (Å²) in [5, 5.41) is 3.01. The van der Waals surface area contributed by atoms with Crippen LogP contribution in [-0.2, 0) is 26.2 Å². The zero-order valence-corrected chi connectivity index (χ0v) is 22.5. The van der Waals surface area contributed by atoms with Gasteiger partial charge in [0.25, 0.3) is 0 Å². The first-order valence-corrected chi connectivity index (χ1v) is 13.6. The number of nitrogens with one attached hydrogen (secondary N) is 1. The highest BCUT2D eigenvalue weighted by molar-refractivity contribution is 7.92. The van der Waals surface area contributed by atoms with Gasteiger partial charge >= 0.3 is 0 Å². The number of benzene rings is 2. The van der Waals surface area contributed by atoms with Crippen molar-refractivity contribution in [2.75, 3.05) is 23.7 Å². The minimum Gasteiger partial charge on any atom is -0.355 e. The first-order valence-electron chi connectivity index (χ1n) is 10.6. The second-order valence-electron chi connectivity index (χ2n) is 7.82. The molecule has 0 radical (unpaired) electrons. The molecule has 0 saturated carbocycles. The van der Waals surface area contributed by atoms with Crippen molar-refractivity contribution in [3.63, 3.8) is 0 Å². The van der Waals surface area contributed by atoms with Crippen LogP contribution in [-0.4, -0.2) is 50.5 Å². The molecule has 11 heteroatoms. The molecule has 1 atom stereocenters. The van der Waals surface area contributed by atoms with Crippen molar-refractivity contribution in [2.24, 2.45) is 0 Å². The molecule has 0 bridgehead atoms. The maximum atomic E-state index is 13.6. The average molecular weight is 549 g/mol. The van der Waals surface area contributed by atoms with Crippen LogP contribution in [0.25, 0.3) is 0 Å². The molecule has 0 fully saturated rings. The molecule has 0 aliphatic heterocycles. The van der Waals surface area contributed by atoms with Crippen molar-refractivity contribution >= 4 is 62.3 Å². The number of likely N-dealkylation sites (N-methyl/N-ethyl adjacent to an activating group) is 1. The first kappa shape index (κ1) is 28.2. The van der Waals surface area contributed by atoms with E-state index in [4.69, 9.17) is 34.8 Å². The van der Waals surface area contributed by atoms with Crippen LogP contribution in [0.4, 0.5) is 5.69 Å². The summed E-state index contributed by atoms with van der Waals surface area (Å²) in [5.41, 5.74) is 1.83. The van der Waals surface area contributed by atoms with Gasteiger partial charge in [-0.15, -0.1) is 0 Å². The van der Waals surface area contributed by atoms with Crippen LogP contribution in [0.1, 0.15) is 31.4 Å². The van der Waals surface area contributed by atoms with Gasteiger partial charge in [-0.3, -0.25) is 13.9 Å². The fraction of sp³-hybridized carbons (Fsp3) is 0.391. The third kappa shape index (κ3) is 7.25. The van der Waals surface area contributed by atoms with Crippen molar-refractivity contribution in [3.05, 3.63) is 62.6 Å². The zero-order valence-electron chi connectivity index (χ0n) is 19.4. The Labute approximate surface area is 216 Å². The van der Waals surface area contributed by atoms with Crippen LogP contribution in [0.15, 0.2) is 36.4 Å². The lowest BCUT2D eigenvalue weighted by atomic mass is 10.1. The molecule has 0 aliphatic carbocycles. The van der Waals surface area contributed by atoms with Gasteiger partial charge in [-0.2, -0.15) is 0 Å². The number of anilines is 1. The lowest BCUT2D eigenvalue weighted by Gasteiger charge is -2.33. The van der Waals surface area contributed by atoms with Crippen LogP contribution in [0, 0.1) is 6.92 Å². The number of carbonyl (C=O) groups excluding carboxylic acids is 2. The monoisotopic (exact) mass is 547 g/mol. The van der Waals surface area contributed by atoms with E-state index in [-0.39, 0.29) is 33.2 Å². The Kier molecular flexibility index (Phi) is 10.1. The van der Waals surface area contributed by atoms with Crippen molar-refractivity contribution in [1.82, 2.24) is 10.2 Å². The van der Waals surface area contributed by atoms with E-state index >= 15 is 0 Å². The fourth-order valence-electron chi connectivity index (χ4n) is 3.52. The number of hydrogen-bond donors (Lipinski definition) is 1. The molecule has 2 aromatic carbocycles. The van der Waals surface area contributed by atoms with E-state index < -0.39 is 28.5 Å². The quantitative estimate of drug-likeness (QED) is 0.437. The van der Waals surface area contributed by atoms with Crippen molar-refractivity contribution in [3.8, 4) is 0 Å². The molecule has 1 N–H and O–H groups in total. The van der Waals surface area contributed by atoms with E-state index in [1.807, 2.05) is 31.2 Å². The third-order valence-corrected chi connectivity index (χ3v) is 7.26. The Morgan fingerprint density at radius 2 is 1.68 bits per heavy atom. The Hall–Kier alpha value is -2.00. The van der Waals surface area contributed by atoms with Crippen LogP contribution in [0.5, 0.6) is 0 Å². The van der Waals surface area contributed by atoms with Crippen LogP contribution < -0.4 is 9.62 Å². The summed E-state index contributed by atoms with van der Waals surface area (Å²) < 4.78 is 26.2. The summed E-state index contributed by atoms with van der Waals surface area (Å²) in [7, 11) is -3.94. The van der Waals surface area contributed by atoms with E-state index in [1.165, 1.54) is 17.0 Å².